The number of carbonyl (C=O) groups is 1. The second-order valence-corrected chi connectivity index (χ2v) is 6.14. The third-order valence-corrected chi connectivity index (χ3v) is 4.15. The first-order chi connectivity index (χ1) is 10.1. The monoisotopic (exact) mass is 312 g/mol. The molecular formula is C15H25ClN4O. The molecule has 21 heavy (non-hydrogen) atoms. The number of hydrogen-bond acceptors (Lipinski definition) is 3. The van der Waals surface area contributed by atoms with E-state index in [1.807, 2.05) is 4.90 Å². The van der Waals surface area contributed by atoms with E-state index in [1.54, 1.807) is 0 Å². The van der Waals surface area contributed by atoms with Crippen LogP contribution in [-0.2, 0) is 17.8 Å². The molecule has 2 rings (SSSR count). The van der Waals surface area contributed by atoms with Crippen molar-refractivity contribution in [3.63, 3.8) is 0 Å². The predicted octanol–water partition coefficient (Wildman–Crippen LogP) is 2.51. The predicted molar refractivity (Wildman–Crippen MR) is 84.3 cm³/mol. The minimum Gasteiger partial charge on any atom is -0.344 e. The summed E-state index contributed by atoms with van der Waals surface area (Å²) >= 11 is 6.15. The third kappa shape index (κ3) is 4.71. The van der Waals surface area contributed by atoms with Gasteiger partial charge in [0.2, 0.25) is 5.91 Å². The SMILES string of the molecule is CCCCc1nc(Cl)c(CNC(C)CN2CCCC2=O)[nH]1. The summed E-state index contributed by atoms with van der Waals surface area (Å²) in [6.45, 7) is 6.55. The summed E-state index contributed by atoms with van der Waals surface area (Å²) in [6.07, 6.45) is 4.88. The summed E-state index contributed by atoms with van der Waals surface area (Å²) in [5.74, 6) is 1.23. The molecule has 1 atom stereocenters. The lowest BCUT2D eigenvalue weighted by Gasteiger charge is -2.21. The summed E-state index contributed by atoms with van der Waals surface area (Å²) < 4.78 is 0. The molecule has 2 heterocycles. The number of aromatic nitrogens is 2. The molecular weight excluding hydrogens is 288 g/mol. The first-order valence-corrected chi connectivity index (χ1v) is 8.22. The van der Waals surface area contributed by atoms with E-state index in [-0.39, 0.29) is 11.9 Å². The van der Waals surface area contributed by atoms with Crippen molar-refractivity contribution in [2.24, 2.45) is 0 Å². The Morgan fingerprint density at radius 3 is 3.00 bits per heavy atom. The Kier molecular flexibility index (Phi) is 6.06. The second kappa shape index (κ2) is 7.80. The van der Waals surface area contributed by atoms with Gasteiger partial charge in [0.05, 0.1) is 5.69 Å². The molecule has 5 nitrogen and oxygen atoms in total. The Morgan fingerprint density at radius 2 is 2.33 bits per heavy atom. The Labute approximate surface area is 131 Å². The van der Waals surface area contributed by atoms with Gasteiger partial charge < -0.3 is 15.2 Å². The lowest BCUT2D eigenvalue weighted by Crippen LogP contribution is -2.39. The normalized spacial score (nSPS) is 16.7. The zero-order valence-electron chi connectivity index (χ0n) is 12.9. The van der Waals surface area contributed by atoms with Crippen LogP contribution in [0.1, 0.15) is 51.0 Å². The molecule has 1 aromatic rings. The van der Waals surface area contributed by atoms with Crippen molar-refractivity contribution in [1.82, 2.24) is 20.2 Å². The number of carbonyl (C=O) groups excluding carboxylic acids is 1. The summed E-state index contributed by atoms with van der Waals surface area (Å²) in [5.41, 5.74) is 0.933. The fraction of sp³-hybridized carbons (Fsp3) is 0.733. The van der Waals surface area contributed by atoms with Crippen molar-refractivity contribution in [3.05, 3.63) is 16.7 Å². The highest BCUT2D eigenvalue weighted by Gasteiger charge is 2.21. The molecule has 1 saturated heterocycles. The highest BCUT2D eigenvalue weighted by molar-refractivity contribution is 6.30. The van der Waals surface area contributed by atoms with Gasteiger partial charge in [-0.15, -0.1) is 0 Å². The number of halogens is 1. The maximum atomic E-state index is 11.6. The molecule has 0 aliphatic carbocycles. The number of nitrogens with zero attached hydrogens (tertiary/aromatic N) is 2. The van der Waals surface area contributed by atoms with Crippen LogP contribution >= 0.6 is 11.6 Å². The average molecular weight is 313 g/mol. The maximum absolute atomic E-state index is 11.6. The molecule has 2 N–H and O–H groups in total. The number of amides is 1. The van der Waals surface area contributed by atoms with Crippen molar-refractivity contribution in [1.29, 1.82) is 0 Å². The molecule has 0 bridgehead atoms. The highest BCUT2D eigenvalue weighted by Crippen LogP contribution is 2.15. The topological polar surface area (TPSA) is 61.0 Å². The fourth-order valence-corrected chi connectivity index (χ4v) is 2.80. The first-order valence-electron chi connectivity index (χ1n) is 7.84. The summed E-state index contributed by atoms with van der Waals surface area (Å²) in [5, 5.41) is 3.96. The van der Waals surface area contributed by atoms with Gasteiger partial charge in [-0.1, -0.05) is 24.9 Å². The number of nitrogens with one attached hydrogen (secondary N) is 2. The van der Waals surface area contributed by atoms with Crippen molar-refractivity contribution < 1.29 is 4.79 Å². The average Bonchev–Trinajstić information content (AvgIpc) is 3.01. The van der Waals surface area contributed by atoms with Crippen molar-refractivity contribution in [3.8, 4) is 0 Å². The first kappa shape index (κ1) is 16.3. The van der Waals surface area contributed by atoms with Crippen LogP contribution in [0.3, 0.4) is 0 Å². The molecule has 1 fully saturated rings. The number of rotatable bonds is 8. The third-order valence-electron chi connectivity index (χ3n) is 3.84. The zero-order valence-corrected chi connectivity index (χ0v) is 13.7. The number of imidazole rings is 1. The molecule has 0 aromatic carbocycles. The fourth-order valence-electron chi connectivity index (χ4n) is 2.59. The van der Waals surface area contributed by atoms with E-state index in [9.17, 15) is 4.79 Å². The van der Waals surface area contributed by atoms with Crippen LogP contribution in [0.2, 0.25) is 5.15 Å². The summed E-state index contributed by atoms with van der Waals surface area (Å²) in [4.78, 5) is 21.2. The molecule has 118 valence electrons. The maximum Gasteiger partial charge on any atom is 0.222 e. The van der Waals surface area contributed by atoms with Gasteiger partial charge in [0, 0.05) is 38.5 Å². The van der Waals surface area contributed by atoms with Gasteiger partial charge in [0.15, 0.2) is 5.15 Å². The number of aryl methyl sites for hydroxylation is 1. The number of unbranched alkanes of at least 4 members (excludes halogenated alkanes) is 1. The van der Waals surface area contributed by atoms with Gasteiger partial charge in [0.1, 0.15) is 5.82 Å². The van der Waals surface area contributed by atoms with Crippen LogP contribution in [0, 0.1) is 0 Å². The van der Waals surface area contributed by atoms with Gasteiger partial charge in [-0.3, -0.25) is 4.79 Å². The molecule has 1 aromatic heterocycles. The largest absolute Gasteiger partial charge is 0.344 e. The molecule has 1 unspecified atom stereocenters. The van der Waals surface area contributed by atoms with Crippen LogP contribution in [0.25, 0.3) is 0 Å². The molecule has 0 saturated carbocycles. The Balaban J connectivity index is 1.79. The molecule has 0 spiro atoms. The molecule has 1 aliphatic rings. The van der Waals surface area contributed by atoms with Crippen molar-refractivity contribution in [2.45, 2.75) is 58.5 Å². The standard InChI is InChI=1S/C15H25ClN4O/c1-3-4-6-13-18-12(15(16)19-13)9-17-11(2)10-20-8-5-7-14(20)21/h11,17H,3-10H2,1-2H3,(H,18,19). The van der Waals surface area contributed by atoms with Crippen molar-refractivity contribution in [2.75, 3.05) is 13.1 Å². The number of aromatic amines is 1. The van der Waals surface area contributed by atoms with Gasteiger partial charge in [0.25, 0.3) is 0 Å². The summed E-state index contributed by atoms with van der Waals surface area (Å²) in [6, 6.07) is 0.241. The van der Waals surface area contributed by atoms with Crippen LogP contribution in [-0.4, -0.2) is 39.9 Å². The van der Waals surface area contributed by atoms with E-state index >= 15 is 0 Å². The van der Waals surface area contributed by atoms with Gasteiger partial charge in [-0.2, -0.15) is 0 Å². The smallest absolute Gasteiger partial charge is 0.222 e. The molecule has 0 radical (unpaired) electrons. The van der Waals surface area contributed by atoms with Gasteiger partial charge in [-0.05, 0) is 19.8 Å². The van der Waals surface area contributed by atoms with E-state index < -0.39 is 0 Å². The number of likely N-dealkylation sites (tertiary alicyclic amines) is 1. The molecule has 1 aliphatic heterocycles. The minimum atomic E-state index is 0.241. The number of H-pyrrole nitrogens is 1. The van der Waals surface area contributed by atoms with E-state index in [0.29, 0.717) is 18.1 Å². The summed E-state index contributed by atoms with van der Waals surface area (Å²) in [7, 11) is 0. The molecule has 6 heteroatoms. The van der Waals surface area contributed by atoms with Crippen LogP contribution < -0.4 is 5.32 Å². The van der Waals surface area contributed by atoms with Crippen LogP contribution in [0.15, 0.2) is 0 Å². The van der Waals surface area contributed by atoms with Crippen LogP contribution in [0.5, 0.6) is 0 Å². The number of hydrogen-bond donors (Lipinski definition) is 2. The Bertz CT molecular complexity index is 474. The highest BCUT2D eigenvalue weighted by atomic mass is 35.5. The van der Waals surface area contributed by atoms with Gasteiger partial charge in [-0.25, -0.2) is 4.98 Å². The van der Waals surface area contributed by atoms with E-state index in [1.165, 1.54) is 0 Å². The van der Waals surface area contributed by atoms with Gasteiger partial charge >= 0.3 is 0 Å². The zero-order chi connectivity index (χ0) is 15.2. The Hall–Kier alpha value is -1.07. The minimum absolute atomic E-state index is 0.241. The quantitative estimate of drug-likeness (QED) is 0.775. The lowest BCUT2D eigenvalue weighted by atomic mass is 10.2. The van der Waals surface area contributed by atoms with E-state index in [0.717, 1.165) is 50.3 Å². The molecule has 1 amide bonds. The van der Waals surface area contributed by atoms with Crippen molar-refractivity contribution >= 4 is 17.5 Å². The van der Waals surface area contributed by atoms with Crippen LogP contribution in [0.4, 0.5) is 0 Å². The lowest BCUT2D eigenvalue weighted by molar-refractivity contribution is -0.127. The van der Waals surface area contributed by atoms with E-state index in [2.05, 4.69) is 29.1 Å². The van der Waals surface area contributed by atoms with E-state index in [4.69, 9.17) is 11.6 Å². The second-order valence-electron chi connectivity index (χ2n) is 5.78. The Morgan fingerprint density at radius 1 is 1.52 bits per heavy atom.